The van der Waals surface area contributed by atoms with Crippen LogP contribution in [0.25, 0.3) is 0 Å². The summed E-state index contributed by atoms with van der Waals surface area (Å²) in [5, 5.41) is 5.81. The number of nitrogens with zero attached hydrogens (tertiary/aromatic N) is 3. The minimum Gasteiger partial charge on any atom is -0.493 e. The molecule has 1 fully saturated rings. The monoisotopic (exact) mass is 521 g/mol. The zero-order valence-corrected chi connectivity index (χ0v) is 21.6. The quantitative estimate of drug-likeness (QED) is 0.449. The van der Waals surface area contributed by atoms with Gasteiger partial charge in [0.1, 0.15) is 11.6 Å². The molecule has 4 rings (SSSR count). The highest BCUT2D eigenvalue weighted by atomic mass is 19.1. The number of hydrogen-bond donors (Lipinski definition) is 2. The Morgan fingerprint density at radius 2 is 1.71 bits per heavy atom. The molecule has 0 saturated carbocycles. The molecule has 200 valence electrons. The van der Waals surface area contributed by atoms with Gasteiger partial charge in [-0.25, -0.2) is 14.2 Å². The molecule has 0 atom stereocenters. The van der Waals surface area contributed by atoms with E-state index in [-0.39, 0.29) is 24.3 Å². The second kappa shape index (κ2) is 12.8. The number of ether oxygens (including phenoxy) is 2. The van der Waals surface area contributed by atoms with E-state index in [1.807, 2.05) is 23.1 Å². The lowest BCUT2D eigenvalue weighted by molar-refractivity contribution is 0.0954. The van der Waals surface area contributed by atoms with Crippen molar-refractivity contribution < 1.29 is 23.5 Å². The second-order valence-corrected chi connectivity index (χ2v) is 8.83. The Bertz CT molecular complexity index is 1260. The number of carbonyl (C=O) groups is 2. The molecule has 1 aliphatic rings. The number of benzene rings is 2. The Kier molecular flexibility index (Phi) is 8.97. The van der Waals surface area contributed by atoms with Gasteiger partial charge in [0.05, 0.1) is 19.8 Å². The average Bonchev–Trinajstić information content (AvgIpc) is 2.96. The van der Waals surface area contributed by atoms with Crippen molar-refractivity contribution >= 4 is 17.8 Å². The third kappa shape index (κ3) is 6.70. The summed E-state index contributed by atoms with van der Waals surface area (Å²) in [6.45, 7) is 2.73. The fourth-order valence-electron chi connectivity index (χ4n) is 4.34. The normalized spacial score (nSPS) is 13.1. The third-order valence-corrected chi connectivity index (χ3v) is 6.38. The van der Waals surface area contributed by atoms with E-state index >= 15 is 0 Å². The maximum atomic E-state index is 13.4. The van der Waals surface area contributed by atoms with Crippen molar-refractivity contribution in [2.24, 2.45) is 0 Å². The molecule has 1 aliphatic heterocycles. The van der Waals surface area contributed by atoms with Crippen molar-refractivity contribution in [1.82, 2.24) is 20.5 Å². The predicted octanol–water partition coefficient (Wildman–Crippen LogP) is 3.24. The van der Waals surface area contributed by atoms with Gasteiger partial charge in [-0.2, -0.15) is 0 Å². The SMILES string of the molecule is COc1ccc(CCNC(=O)c2cccnc2N2CCN(C(=O)NCc3cccc(F)c3)CC2)cc1OC. The zero-order chi connectivity index (χ0) is 26.9. The summed E-state index contributed by atoms with van der Waals surface area (Å²) < 4.78 is 24.0. The molecule has 3 aromatic rings. The molecular formula is C28H32FN5O4. The van der Waals surface area contributed by atoms with Crippen LogP contribution in [0.1, 0.15) is 21.5 Å². The Hall–Kier alpha value is -4.34. The van der Waals surface area contributed by atoms with E-state index in [0.29, 0.717) is 67.6 Å². The van der Waals surface area contributed by atoms with Crippen LogP contribution in [0.15, 0.2) is 60.8 Å². The number of nitrogens with one attached hydrogen (secondary N) is 2. The van der Waals surface area contributed by atoms with Crippen LogP contribution >= 0.6 is 0 Å². The van der Waals surface area contributed by atoms with Gasteiger partial charge in [0.2, 0.25) is 0 Å². The number of halogens is 1. The van der Waals surface area contributed by atoms with E-state index in [1.54, 1.807) is 49.6 Å². The molecule has 0 spiro atoms. The van der Waals surface area contributed by atoms with Crippen molar-refractivity contribution in [1.29, 1.82) is 0 Å². The largest absolute Gasteiger partial charge is 0.493 e. The number of piperazine rings is 1. The van der Waals surface area contributed by atoms with Crippen LogP contribution in [0.3, 0.4) is 0 Å². The number of carbonyl (C=O) groups excluding carboxylic acids is 2. The Labute approximate surface area is 221 Å². The van der Waals surface area contributed by atoms with Gasteiger partial charge in [-0.1, -0.05) is 18.2 Å². The van der Waals surface area contributed by atoms with Crippen LogP contribution in [0, 0.1) is 5.82 Å². The maximum absolute atomic E-state index is 13.4. The van der Waals surface area contributed by atoms with Crippen molar-refractivity contribution in [2.75, 3.05) is 51.8 Å². The van der Waals surface area contributed by atoms with E-state index in [2.05, 4.69) is 15.6 Å². The van der Waals surface area contributed by atoms with Crippen LogP contribution in [0.5, 0.6) is 11.5 Å². The van der Waals surface area contributed by atoms with Gasteiger partial charge in [-0.3, -0.25) is 4.79 Å². The number of urea groups is 1. The van der Waals surface area contributed by atoms with Crippen molar-refractivity contribution in [2.45, 2.75) is 13.0 Å². The number of pyridine rings is 1. The molecule has 2 aromatic carbocycles. The molecule has 0 unspecified atom stereocenters. The first-order chi connectivity index (χ1) is 18.5. The highest BCUT2D eigenvalue weighted by Crippen LogP contribution is 2.27. The number of aromatic nitrogens is 1. The highest BCUT2D eigenvalue weighted by Gasteiger charge is 2.25. The van der Waals surface area contributed by atoms with Crippen LogP contribution in [-0.2, 0) is 13.0 Å². The second-order valence-electron chi connectivity index (χ2n) is 8.83. The van der Waals surface area contributed by atoms with Crippen LogP contribution in [0.2, 0.25) is 0 Å². The van der Waals surface area contributed by atoms with Crippen LogP contribution < -0.4 is 25.0 Å². The van der Waals surface area contributed by atoms with Crippen molar-refractivity contribution in [3.8, 4) is 11.5 Å². The summed E-state index contributed by atoms with van der Waals surface area (Å²) in [6, 6.07) is 15.1. The maximum Gasteiger partial charge on any atom is 0.317 e. The van der Waals surface area contributed by atoms with Crippen molar-refractivity contribution in [3.63, 3.8) is 0 Å². The summed E-state index contributed by atoms with van der Waals surface area (Å²) in [5.74, 6) is 1.36. The average molecular weight is 522 g/mol. The molecular weight excluding hydrogens is 489 g/mol. The van der Waals surface area contributed by atoms with Gasteiger partial charge >= 0.3 is 6.03 Å². The van der Waals surface area contributed by atoms with E-state index in [4.69, 9.17) is 9.47 Å². The van der Waals surface area contributed by atoms with Gasteiger partial charge in [0.25, 0.3) is 5.91 Å². The summed E-state index contributed by atoms with van der Waals surface area (Å²) in [6.07, 6.45) is 2.29. The molecule has 0 aliphatic carbocycles. The molecule has 0 bridgehead atoms. The Morgan fingerprint density at radius 1 is 0.921 bits per heavy atom. The number of amides is 3. The number of anilines is 1. The van der Waals surface area contributed by atoms with Crippen LogP contribution in [0.4, 0.5) is 15.0 Å². The van der Waals surface area contributed by atoms with E-state index in [1.165, 1.54) is 12.1 Å². The van der Waals surface area contributed by atoms with Gasteiger partial charge in [-0.15, -0.1) is 0 Å². The molecule has 10 heteroatoms. The summed E-state index contributed by atoms with van der Waals surface area (Å²) in [7, 11) is 3.18. The summed E-state index contributed by atoms with van der Waals surface area (Å²) in [5.41, 5.74) is 2.21. The molecule has 2 N–H and O–H groups in total. The smallest absolute Gasteiger partial charge is 0.317 e. The molecule has 1 aromatic heterocycles. The lowest BCUT2D eigenvalue weighted by Gasteiger charge is -2.36. The minimum atomic E-state index is -0.332. The van der Waals surface area contributed by atoms with Gasteiger partial charge < -0.3 is 29.9 Å². The molecule has 1 saturated heterocycles. The fourth-order valence-corrected chi connectivity index (χ4v) is 4.34. The van der Waals surface area contributed by atoms with Gasteiger partial charge in [0.15, 0.2) is 11.5 Å². The highest BCUT2D eigenvalue weighted by molar-refractivity contribution is 5.98. The van der Waals surface area contributed by atoms with E-state index in [0.717, 1.165) is 5.56 Å². The van der Waals surface area contributed by atoms with Crippen molar-refractivity contribution in [3.05, 3.63) is 83.3 Å². The molecule has 3 amide bonds. The fraction of sp³-hybridized carbons (Fsp3) is 0.321. The molecule has 9 nitrogen and oxygen atoms in total. The first kappa shape index (κ1) is 26.7. The number of methoxy groups -OCH3 is 2. The van der Waals surface area contributed by atoms with E-state index in [9.17, 15) is 14.0 Å². The molecule has 2 heterocycles. The lowest BCUT2D eigenvalue weighted by Crippen LogP contribution is -2.52. The molecule has 0 radical (unpaired) electrons. The first-order valence-corrected chi connectivity index (χ1v) is 12.4. The van der Waals surface area contributed by atoms with Gasteiger partial charge in [0, 0.05) is 45.5 Å². The first-order valence-electron chi connectivity index (χ1n) is 12.4. The van der Waals surface area contributed by atoms with Crippen LogP contribution in [-0.4, -0.2) is 68.8 Å². The topological polar surface area (TPSA) is 96.0 Å². The summed E-state index contributed by atoms with van der Waals surface area (Å²) >= 11 is 0. The third-order valence-electron chi connectivity index (χ3n) is 6.38. The standard InChI is InChI=1S/C28H32FN5O4/c1-37-24-9-8-20(18-25(24)38-2)10-12-31-27(35)23-7-4-11-30-26(23)33-13-15-34(16-14-33)28(36)32-19-21-5-3-6-22(29)17-21/h3-9,11,17-18H,10,12-16,19H2,1-2H3,(H,31,35)(H,32,36). The zero-order valence-electron chi connectivity index (χ0n) is 21.6. The summed E-state index contributed by atoms with van der Waals surface area (Å²) in [4.78, 5) is 33.8. The lowest BCUT2D eigenvalue weighted by atomic mass is 10.1. The Morgan fingerprint density at radius 3 is 2.45 bits per heavy atom. The van der Waals surface area contributed by atoms with E-state index < -0.39 is 0 Å². The number of rotatable bonds is 9. The predicted molar refractivity (Wildman–Crippen MR) is 142 cm³/mol. The minimum absolute atomic E-state index is 0.205. The Balaban J connectivity index is 1.29. The van der Waals surface area contributed by atoms with Gasteiger partial charge in [-0.05, 0) is 53.9 Å². The number of hydrogen-bond acceptors (Lipinski definition) is 6. The molecule has 38 heavy (non-hydrogen) atoms.